The van der Waals surface area contributed by atoms with Crippen LogP contribution in [0.4, 0.5) is 0 Å². The molecule has 0 amide bonds. The standard InChI is InChI=1S/C28H30ClIO5/c1-16-13-22-21-8-7-18-15-20(31)9-10-25(18,2)27(21,29)12-11-26(22,3)28(16,24(33)34)35-23(32)17-5-4-6-19(30)14-17/h4-6,9-10,14-16,21-22H,7-8,11-13H2,1-3H3,(H,33,34)/t16-,21-,22-,25-,26-,27+,28-/m0/s1. The van der Waals surface area contributed by atoms with Crippen molar-refractivity contribution in [3.8, 4) is 0 Å². The lowest BCUT2D eigenvalue weighted by atomic mass is 9.46. The first kappa shape index (κ1) is 25.0. The van der Waals surface area contributed by atoms with Crippen LogP contribution in [0.5, 0.6) is 0 Å². The van der Waals surface area contributed by atoms with Gasteiger partial charge in [-0.2, -0.15) is 0 Å². The summed E-state index contributed by atoms with van der Waals surface area (Å²) < 4.78 is 6.97. The number of carbonyl (C=O) groups excluding carboxylic acids is 2. The van der Waals surface area contributed by atoms with Gasteiger partial charge in [-0.1, -0.05) is 38.5 Å². The van der Waals surface area contributed by atoms with Gasteiger partial charge in [-0.3, -0.25) is 4.79 Å². The molecule has 7 heteroatoms. The van der Waals surface area contributed by atoms with Gasteiger partial charge >= 0.3 is 11.9 Å². The summed E-state index contributed by atoms with van der Waals surface area (Å²) in [6.07, 6.45) is 8.60. The molecule has 0 saturated heterocycles. The lowest BCUT2D eigenvalue weighted by molar-refractivity contribution is -0.186. The fourth-order valence-electron chi connectivity index (χ4n) is 7.96. The summed E-state index contributed by atoms with van der Waals surface area (Å²) in [7, 11) is 0. The largest absolute Gasteiger partial charge is 0.478 e. The quantitative estimate of drug-likeness (QED) is 0.252. The number of fused-ring (bicyclic) bond motifs is 5. The minimum absolute atomic E-state index is 0.00120. The Morgan fingerprint density at radius 2 is 1.94 bits per heavy atom. The lowest BCUT2D eigenvalue weighted by Crippen LogP contribution is -2.64. The minimum atomic E-state index is -1.64. The second kappa shape index (κ2) is 8.17. The van der Waals surface area contributed by atoms with Crippen molar-refractivity contribution in [1.82, 2.24) is 0 Å². The molecule has 0 bridgehead atoms. The fraction of sp³-hybridized carbons (Fsp3) is 0.536. The zero-order valence-electron chi connectivity index (χ0n) is 20.1. The zero-order chi connectivity index (χ0) is 25.4. The number of carbonyl (C=O) groups is 3. The van der Waals surface area contributed by atoms with E-state index in [0.29, 0.717) is 24.8 Å². The van der Waals surface area contributed by atoms with Crippen LogP contribution in [0.15, 0.2) is 48.1 Å². The molecule has 3 fully saturated rings. The van der Waals surface area contributed by atoms with Gasteiger partial charge in [0.25, 0.3) is 0 Å². The number of carboxylic acids is 1. The third-order valence-corrected chi connectivity index (χ3v) is 11.4. The number of hydrogen-bond donors (Lipinski definition) is 1. The number of ether oxygens (including phenoxy) is 1. The van der Waals surface area contributed by atoms with Crippen LogP contribution in [-0.2, 0) is 14.3 Å². The Morgan fingerprint density at radius 1 is 1.20 bits per heavy atom. The van der Waals surface area contributed by atoms with E-state index in [4.69, 9.17) is 16.3 Å². The van der Waals surface area contributed by atoms with Gasteiger partial charge in [0.05, 0.1) is 10.4 Å². The van der Waals surface area contributed by atoms with Gasteiger partial charge in [-0.25, -0.2) is 9.59 Å². The summed E-state index contributed by atoms with van der Waals surface area (Å²) in [5, 5.41) is 10.6. The number of rotatable bonds is 3. The molecule has 4 aliphatic rings. The molecule has 1 aromatic carbocycles. The van der Waals surface area contributed by atoms with E-state index in [9.17, 15) is 19.5 Å². The monoisotopic (exact) mass is 608 g/mol. The molecular formula is C28H30ClIO5. The van der Waals surface area contributed by atoms with Gasteiger partial charge in [0.1, 0.15) is 0 Å². The third-order valence-electron chi connectivity index (χ3n) is 9.83. The molecule has 0 radical (unpaired) electrons. The molecule has 3 saturated carbocycles. The normalized spacial score (nSPS) is 41.9. The van der Waals surface area contributed by atoms with Gasteiger partial charge in [-0.15, -0.1) is 11.6 Å². The van der Waals surface area contributed by atoms with Crippen molar-refractivity contribution in [3.05, 3.63) is 57.2 Å². The summed E-state index contributed by atoms with van der Waals surface area (Å²) in [6.45, 7) is 6.00. The molecule has 7 atom stereocenters. The molecule has 0 aliphatic heterocycles. The van der Waals surface area contributed by atoms with Crippen molar-refractivity contribution < 1.29 is 24.2 Å². The molecule has 35 heavy (non-hydrogen) atoms. The SMILES string of the molecule is C[C@H]1C[C@H]2[C@@H]3CCC4=CC(=O)C=C[C@]4(C)[C@@]3(Cl)CC[C@]2(C)[C@@]1(OC(=O)c1cccc(I)c1)C(=O)O. The number of alkyl halides is 1. The summed E-state index contributed by atoms with van der Waals surface area (Å²) in [5.41, 5.74) is -1.42. The van der Waals surface area contributed by atoms with Crippen molar-refractivity contribution in [2.24, 2.45) is 28.6 Å². The highest BCUT2D eigenvalue weighted by Crippen LogP contribution is 2.72. The molecule has 0 spiro atoms. The average Bonchev–Trinajstić information content (AvgIpc) is 3.02. The van der Waals surface area contributed by atoms with Gasteiger partial charge in [0, 0.05) is 20.3 Å². The van der Waals surface area contributed by atoms with Crippen LogP contribution in [0, 0.1) is 32.2 Å². The molecule has 0 unspecified atom stereocenters. The summed E-state index contributed by atoms with van der Waals surface area (Å²) in [6, 6.07) is 7.03. The van der Waals surface area contributed by atoms with E-state index in [1.54, 1.807) is 30.4 Å². The van der Waals surface area contributed by atoms with E-state index in [-0.39, 0.29) is 23.5 Å². The molecular weight excluding hydrogens is 579 g/mol. The van der Waals surface area contributed by atoms with Crippen LogP contribution in [0.1, 0.15) is 63.2 Å². The fourth-order valence-corrected chi connectivity index (χ4v) is 9.04. The first-order valence-electron chi connectivity index (χ1n) is 12.2. The Morgan fingerprint density at radius 3 is 2.63 bits per heavy atom. The average molecular weight is 609 g/mol. The Bertz CT molecular complexity index is 1190. The van der Waals surface area contributed by atoms with Crippen LogP contribution in [0.2, 0.25) is 0 Å². The van der Waals surface area contributed by atoms with Crippen molar-refractivity contribution in [1.29, 1.82) is 0 Å². The lowest BCUT2D eigenvalue weighted by Gasteiger charge is -2.62. The Labute approximate surface area is 224 Å². The van der Waals surface area contributed by atoms with Crippen molar-refractivity contribution in [2.45, 2.75) is 63.4 Å². The highest BCUT2D eigenvalue weighted by Gasteiger charge is 2.74. The number of halogens is 2. The van der Waals surface area contributed by atoms with Gasteiger partial charge < -0.3 is 9.84 Å². The highest BCUT2D eigenvalue weighted by atomic mass is 127. The van der Waals surface area contributed by atoms with Gasteiger partial charge in [0.2, 0.25) is 5.60 Å². The first-order chi connectivity index (χ1) is 16.4. The molecule has 0 heterocycles. The van der Waals surface area contributed by atoms with Crippen molar-refractivity contribution >= 4 is 51.9 Å². The Balaban J connectivity index is 1.55. The highest BCUT2D eigenvalue weighted by molar-refractivity contribution is 14.1. The Kier molecular flexibility index (Phi) is 5.83. The number of carboxylic acid groups (broad SMARTS) is 1. The van der Waals surface area contributed by atoms with E-state index in [2.05, 4.69) is 29.5 Å². The van der Waals surface area contributed by atoms with Crippen molar-refractivity contribution in [3.63, 3.8) is 0 Å². The topological polar surface area (TPSA) is 80.7 Å². The van der Waals surface area contributed by atoms with E-state index < -0.39 is 33.2 Å². The molecule has 1 aromatic rings. The summed E-state index contributed by atoms with van der Waals surface area (Å²) in [4.78, 5) is 37.8. The molecule has 5 nitrogen and oxygen atoms in total. The second-order valence-electron chi connectivity index (χ2n) is 11.2. The van der Waals surface area contributed by atoms with E-state index in [1.165, 1.54) is 0 Å². The molecule has 5 rings (SSSR count). The smallest absolute Gasteiger partial charge is 0.349 e. The number of hydrogen-bond acceptors (Lipinski definition) is 4. The predicted molar refractivity (Wildman–Crippen MR) is 141 cm³/mol. The molecule has 186 valence electrons. The maximum atomic E-state index is 13.3. The number of ketones is 1. The van der Waals surface area contributed by atoms with Crippen LogP contribution in [0.25, 0.3) is 0 Å². The van der Waals surface area contributed by atoms with E-state index in [0.717, 1.165) is 22.0 Å². The number of esters is 1. The van der Waals surface area contributed by atoms with Crippen LogP contribution in [0.3, 0.4) is 0 Å². The van der Waals surface area contributed by atoms with E-state index >= 15 is 0 Å². The van der Waals surface area contributed by atoms with Crippen LogP contribution < -0.4 is 0 Å². The summed E-state index contributed by atoms with van der Waals surface area (Å²) in [5.74, 6) is -2.03. The zero-order valence-corrected chi connectivity index (χ0v) is 23.1. The van der Waals surface area contributed by atoms with E-state index in [1.807, 2.05) is 26.0 Å². The number of benzene rings is 1. The minimum Gasteiger partial charge on any atom is -0.478 e. The predicted octanol–water partition coefficient (Wildman–Crippen LogP) is 6.19. The molecule has 0 aromatic heterocycles. The number of aliphatic carboxylic acids is 1. The van der Waals surface area contributed by atoms with Crippen LogP contribution in [-0.4, -0.2) is 33.3 Å². The molecule has 4 aliphatic carbocycles. The third kappa shape index (κ3) is 3.27. The maximum Gasteiger partial charge on any atom is 0.349 e. The second-order valence-corrected chi connectivity index (χ2v) is 13.1. The number of allylic oxidation sites excluding steroid dienone is 4. The van der Waals surface area contributed by atoms with Gasteiger partial charge in [-0.05, 0) is 96.9 Å². The molecule has 1 N–H and O–H groups in total. The van der Waals surface area contributed by atoms with Crippen molar-refractivity contribution in [2.75, 3.05) is 0 Å². The Hall–Kier alpha value is -1.67. The first-order valence-corrected chi connectivity index (χ1v) is 13.7. The maximum absolute atomic E-state index is 13.3. The van der Waals surface area contributed by atoms with Crippen LogP contribution >= 0.6 is 34.2 Å². The van der Waals surface area contributed by atoms with Gasteiger partial charge in [0.15, 0.2) is 5.78 Å². The summed E-state index contributed by atoms with van der Waals surface area (Å²) >= 11 is 9.67.